The Morgan fingerprint density at radius 1 is 1.11 bits per heavy atom. The minimum Gasteiger partial charge on any atom is -0.326 e. The maximum Gasteiger partial charge on any atom is 0.227 e. The molecule has 3 rings (SSSR count). The van der Waals surface area contributed by atoms with Gasteiger partial charge in [0, 0.05) is 36.3 Å². The van der Waals surface area contributed by atoms with Gasteiger partial charge in [0.2, 0.25) is 21.8 Å². The van der Waals surface area contributed by atoms with Crippen LogP contribution >= 0.6 is 0 Å². The molecular formula is C20H29N3O4S. The first-order valence-electron chi connectivity index (χ1n) is 9.98. The topological polar surface area (TPSA) is 95.6 Å². The van der Waals surface area contributed by atoms with Crippen LogP contribution in [0.1, 0.15) is 52.4 Å². The summed E-state index contributed by atoms with van der Waals surface area (Å²) in [6, 6.07) is 7.27. The zero-order chi connectivity index (χ0) is 20.3. The molecule has 0 unspecified atom stereocenters. The molecular weight excluding hydrogens is 378 g/mol. The molecule has 1 heterocycles. The summed E-state index contributed by atoms with van der Waals surface area (Å²) < 4.78 is 26.7. The van der Waals surface area contributed by atoms with Crippen LogP contribution in [0.25, 0.3) is 0 Å². The van der Waals surface area contributed by atoms with Gasteiger partial charge in [-0.15, -0.1) is 0 Å². The maximum atomic E-state index is 12.5. The first-order chi connectivity index (χ1) is 13.3. The van der Waals surface area contributed by atoms with E-state index in [1.165, 1.54) is 0 Å². The molecule has 2 amide bonds. The van der Waals surface area contributed by atoms with Crippen molar-refractivity contribution in [2.24, 2.45) is 5.92 Å². The van der Waals surface area contributed by atoms with Crippen LogP contribution in [0, 0.1) is 5.92 Å². The summed E-state index contributed by atoms with van der Waals surface area (Å²) in [7, 11) is -3.28. The van der Waals surface area contributed by atoms with Crippen molar-refractivity contribution in [1.82, 2.24) is 4.72 Å². The Morgan fingerprint density at radius 3 is 2.29 bits per heavy atom. The standard InChI is InChI=1S/C20H29N3O4S/c1-14(2)28(26,27)22-17-7-5-15(6-8-17)20(25)21-16-9-11-18(12-10-16)23-13-3-4-19(23)24/h9-12,14-15,17,22H,3-8,13H2,1-2H3,(H,21,25)/t15-,17-. The lowest BCUT2D eigenvalue weighted by Gasteiger charge is -2.28. The van der Waals surface area contributed by atoms with Gasteiger partial charge in [0.15, 0.2) is 0 Å². The fourth-order valence-electron chi connectivity index (χ4n) is 3.73. The molecule has 1 saturated carbocycles. The summed E-state index contributed by atoms with van der Waals surface area (Å²) in [5, 5.41) is 2.49. The van der Waals surface area contributed by atoms with Crippen molar-refractivity contribution in [3.8, 4) is 0 Å². The van der Waals surface area contributed by atoms with Crippen LogP contribution in [0.15, 0.2) is 24.3 Å². The quantitative estimate of drug-likeness (QED) is 0.758. The minimum absolute atomic E-state index is 0.0323. The SMILES string of the molecule is CC(C)S(=O)(=O)N[C@H]1CC[C@H](C(=O)Nc2ccc(N3CCCC3=O)cc2)CC1. The van der Waals surface area contributed by atoms with Crippen LogP contribution in [0.3, 0.4) is 0 Å². The summed E-state index contributed by atoms with van der Waals surface area (Å²) >= 11 is 0. The van der Waals surface area contributed by atoms with Gasteiger partial charge < -0.3 is 10.2 Å². The van der Waals surface area contributed by atoms with Crippen LogP contribution in [0.2, 0.25) is 0 Å². The highest BCUT2D eigenvalue weighted by Gasteiger charge is 2.29. The predicted octanol–water partition coefficient (Wildman–Crippen LogP) is 2.64. The van der Waals surface area contributed by atoms with Crippen molar-refractivity contribution >= 4 is 33.2 Å². The molecule has 1 saturated heterocycles. The molecule has 0 aromatic heterocycles. The molecule has 0 atom stereocenters. The smallest absolute Gasteiger partial charge is 0.227 e. The Morgan fingerprint density at radius 2 is 1.75 bits per heavy atom. The Balaban J connectivity index is 1.50. The molecule has 2 fully saturated rings. The van der Waals surface area contributed by atoms with Crippen LogP contribution in [-0.4, -0.2) is 38.1 Å². The Hall–Kier alpha value is -1.93. The van der Waals surface area contributed by atoms with E-state index in [2.05, 4.69) is 10.0 Å². The second kappa shape index (κ2) is 8.61. The van der Waals surface area contributed by atoms with Gasteiger partial charge in [-0.2, -0.15) is 0 Å². The van der Waals surface area contributed by atoms with Crippen LogP contribution < -0.4 is 14.9 Å². The molecule has 1 aliphatic carbocycles. The number of carbonyl (C=O) groups is 2. The summed E-state index contributed by atoms with van der Waals surface area (Å²) in [6.07, 6.45) is 4.14. The van der Waals surface area contributed by atoms with Gasteiger partial charge in [-0.3, -0.25) is 9.59 Å². The van der Waals surface area contributed by atoms with E-state index in [4.69, 9.17) is 0 Å². The summed E-state index contributed by atoms with van der Waals surface area (Å²) in [5.41, 5.74) is 1.57. The maximum absolute atomic E-state index is 12.5. The number of nitrogens with zero attached hydrogens (tertiary/aromatic N) is 1. The molecule has 2 aliphatic rings. The van der Waals surface area contributed by atoms with Crippen LogP contribution in [0.5, 0.6) is 0 Å². The number of benzene rings is 1. The zero-order valence-corrected chi connectivity index (χ0v) is 17.3. The number of sulfonamides is 1. The van der Waals surface area contributed by atoms with Gasteiger partial charge in [0.05, 0.1) is 5.25 Å². The second-order valence-corrected chi connectivity index (χ2v) is 10.2. The third kappa shape index (κ3) is 4.91. The predicted molar refractivity (Wildman–Crippen MR) is 110 cm³/mol. The van der Waals surface area contributed by atoms with Gasteiger partial charge in [-0.25, -0.2) is 13.1 Å². The van der Waals surface area contributed by atoms with Gasteiger partial charge >= 0.3 is 0 Å². The Bertz CT molecular complexity index is 812. The van der Waals surface area contributed by atoms with Gasteiger partial charge in [0.1, 0.15) is 0 Å². The van der Waals surface area contributed by atoms with E-state index < -0.39 is 15.3 Å². The molecule has 7 nitrogen and oxygen atoms in total. The van der Waals surface area contributed by atoms with E-state index in [0.29, 0.717) is 37.8 Å². The highest BCUT2D eigenvalue weighted by Crippen LogP contribution is 2.27. The number of nitrogens with one attached hydrogen (secondary N) is 2. The lowest BCUT2D eigenvalue weighted by Crippen LogP contribution is -2.42. The minimum atomic E-state index is -3.28. The largest absolute Gasteiger partial charge is 0.326 e. The molecule has 1 aromatic carbocycles. The molecule has 1 aliphatic heterocycles. The number of hydrogen-bond acceptors (Lipinski definition) is 4. The molecule has 1 aromatic rings. The lowest BCUT2D eigenvalue weighted by molar-refractivity contribution is -0.121. The summed E-state index contributed by atoms with van der Waals surface area (Å²) in [6.45, 7) is 4.06. The van der Waals surface area contributed by atoms with Crippen molar-refractivity contribution in [3.05, 3.63) is 24.3 Å². The third-order valence-electron chi connectivity index (χ3n) is 5.57. The normalized spacial score (nSPS) is 23.2. The van der Waals surface area contributed by atoms with Crippen molar-refractivity contribution in [2.75, 3.05) is 16.8 Å². The van der Waals surface area contributed by atoms with Crippen molar-refractivity contribution < 1.29 is 18.0 Å². The van der Waals surface area contributed by atoms with Crippen molar-refractivity contribution in [3.63, 3.8) is 0 Å². The monoisotopic (exact) mass is 407 g/mol. The molecule has 0 radical (unpaired) electrons. The van der Waals surface area contributed by atoms with E-state index in [9.17, 15) is 18.0 Å². The van der Waals surface area contributed by atoms with Crippen molar-refractivity contribution in [2.45, 2.75) is 63.7 Å². The fraction of sp³-hybridized carbons (Fsp3) is 0.600. The van der Waals surface area contributed by atoms with Gasteiger partial charge in [-0.1, -0.05) is 0 Å². The van der Waals surface area contributed by atoms with Crippen molar-refractivity contribution in [1.29, 1.82) is 0 Å². The molecule has 28 heavy (non-hydrogen) atoms. The van der Waals surface area contributed by atoms with Crippen LogP contribution in [0.4, 0.5) is 11.4 Å². The Kier molecular flexibility index (Phi) is 6.40. The summed E-state index contributed by atoms with van der Waals surface area (Å²) in [4.78, 5) is 26.1. The number of hydrogen-bond donors (Lipinski definition) is 2. The van der Waals surface area contributed by atoms with Gasteiger partial charge in [0.25, 0.3) is 0 Å². The number of rotatable bonds is 6. The molecule has 0 spiro atoms. The lowest BCUT2D eigenvalue weighted by atomic mass is 9.86. The number of carbonyl (C=O) groups excluding carboxylic acids is 2. The first-order valence-corrected chi connectivity index (χ1v) is 11.5. The van der Waals surface area contributed by atoms with E-state index in [1.54, 1.807) is 18.7 Å². The third-order valence-corrected chi connectivity index (χ3v) is 7.47. The fourth-order valence-corrected chi connectivity index (χ4v) is 4.70. The van der Waals surface area contributed by atoms with E-state index in [0.717, 1.165) is 18.7 Å². The zero-order valence-electron chi connectivity index (χ0n) is 16.5. The van der Waals surface area contributed by atoms with E-state index in [-0.39, 0.29) is 23.8 Å². The van der Waals surface area contributed by atoms with E-state index in [1.807, 2.05) is 24.3 Å². The average Bonchev–Trinajstić information content (AvgIpc) is 3.08. The summed E-state index contributed by atoms with van der Waals surface area (Å²) in [5.74, 6) is -0.00329. The van der Waals surface area contributed by atoms with Crippen LogP contribution in [-0.2, 0) is 19.6 Å². The average molecular weight is 408 g/mol. The number of anilines is 2. The highest BCUT2D eigenvalue weighted by atomic mass is 32.2. The molecule has 154 valence electrons. The second-order valence-electron chi connectivity index (χ2n) is 7.95. The molecule has 8 heteroatoms. The van der Waals surface area contributed by atoms with Gasteiger partial charge in [-0.05, 0) is 70.2 Å². The highest BCUT2D eigenvalue weighted by molar-refractivity contribution is 7.90. The Labute approximate surface area is 166 Å². The molecule has 0 bridgehead atoms. The van der Waals surface area contributed by atoms with E-state index >= 15 is 0 Å². The first kappa shape index (κ1) is 20.8. The molecule has 2 N–H and O–H groups in total. The number of amides is 2.